The zero-order chi connectivity index (χ0) is 12.3. The van der Waals surface area contributed by atoms with Gasteiger partial charge in [-0.1, -0.05) is 0 Å². The minimum Gasteiger partial charge on any atom is -0.298 e. The van der Waals surface area contributed by atoms with Crippen LogP contribution < -0.4 is 0 Å². The first-order valence-electron chi connectivity index (χ1n) is 5.66. The smallest absolute Gasteiger partial charge is 0.124 e. The van der Waals surface area contributed by atoms with E-state index in [2.05, 4.69) is 11.9 Å². The molecule has 0 aliphatic carbocycles. The molecule has 0 saturated carbocycles. The maximum absolute atomic E-state index is 13.3. The minimum absolute atomic E-state index is 0.326. The number of hydrogen-bond donors (Lipinski definition) is 0. The standard InChI is InChI=1S/C13H15FN2S/c1-16(13-2-3-17-9-13)8-11-4-10(7-15)5-12(14)6-11/h4-6,13H,2-3,8-9H2,1H3. The highest BCUT2D eigenvalue weighted by molar-refractivity contribution is 7.99. The third-order valence-electron chi connectivity index (χ3n) is 3.05. The zero-order valence-electron chi connectivity index (χ0n) is 9.82. The molecule has 1 saturated heterocycles. The van der Waals surface area contributed by atoms with Gasteiger partial charge in [0.25, 0.3) is 0 Å². The van der Waals surface area contributed by atoms with Crippen molar-refractivity contribution in [2.75, 3.05) is 18.6 Å². The molecule has 0 spiro atoms. The number of rotatable bonds is 3. The molecular formula is C13H15FN2S. The van der Waals surface area contributed by atoms with E-state index in [-0.39, 0.29) is 5.82 Å². The highest BCUT2D eigenvalue weighted by atomic mass is 32.2. The predicted octanol–water partition coefficient (Wildman–Crippen LogP) is 2.63. The summed E-state index contributed by atoms with van der Waals surface area (Å²) in [6.45, 7) is 0.706. The third kappa shape index (κ3) is 3.21. The minimum atomic E-state index is -0.326. The molecule has 17 heavy (non-hydrogen) atoms. The second kappa shape index (κ2) is 5.52. The normalized spacial score (nSPS) is 19.5. The van der Waals surface area contributed by atoms with Crippen LogP contribution in [0, 0.1) is 17.1 Å². The SMILES string of the molecule is CN(Cc1cc(F)cc(C#N)c1)C1CCSC1. The average molecular weight is 250 g/mol. The summed E-state index contributed by atoms with van der Waals surface area (Å²) in [5, 5.41) is 8.80. The molecule has 1 fully saturated rings. The van der Waals surface area contributed by atoms with Gasteiger partial charge in [-0.05, 0) is 43.0 Å². The van der Waals surface area contributed by atoms with Crippen LogP contribution in [0.4, 0.5) is 4.39 Å². The Morgan fingerprint density at radius 3 is 3.00 bits per heavy atom. The average Bonchev–Trinajstić information content (AvgIpc) is 2.81. The highest BCUT2D eigenvalue weighted by Crippen LogP contribution is 2.22. The second-order valence-electron chi connectivity index (χ2n) is 4.39. The lowest BCUT2D eigenvalue weighted by Crippen LogP contribution is -2.30. The van der Waals surface area contributed by atoms with E-state index in [9.17, 15) is 4.39 Å². The van der Waals surface area contributed by atoms with E-state index >= 15 is 0 Å². The molecule has 90 valence electrons. The Labute approximate surface area is 105 Å². The van der Waals surface area contributed by atoms with E-state index in [0.717, 1.165) is 11.3 Å². The molecule has 1 aromatic carbocycles. The van der Waals surface area contributed by atoms with E-state index in [0.29, 0.717) is 18.2 Å². The van der Waals surface area contributed by atoms with Crippen LogP contribution in [0.5, 0.6) is 0 Å². The summed E-state index contributed by atoms with van der Waals surface area (Å²) in [5.74, 6) is 2.03. The van der Waals surface area contributed by atoms with Gasteiger partial charge in [-0.2, -0.15) is 17.0 Å². The van der Waals surface area contributed by atoms with Crippen LogP contribution in [0.3, 0.4) is 0 Å². The number of benzene rings is 1. The van der Waals surface area contributed by atoms with E-state index < -0.39 is 0 Å². The van der Waals surface area contributed by atoms with E-state index in [1.54, 1.807) is 6.07 Å². The van der Waals surface area contributed by atoms with Gasteiger partial charge in [0.1, 0.15) is 5.82 Å². The van der Waals surface area contributed by atoms with Crippen molar-refractivity contribution >= 4 is 11.8 Å². The molecule has 2 rings (SSSR count). The molecule has 0 bridgehead atoms. The number of nitrogens with zero attached hydrogens (tertiary/aromatic N) is 2. The Hall–Kier alpha value is -1.05. The van der Waals surface area contributed by atoms with Gasteiger partial charge < -0.3 is 0 Å². The number of hydrogen-bond acceptors (Lipinski definition) is 3. The molecule has 0 amide bonds. The largest absolute Gasteiger partial charge is 0.298 e. The molecule has 1 aromatic rings. The molecule has 0 radical (unpaired) electrons. The van der Waals surface area contributed by atoms with Crippen molar-refractivity contribution in [2.45, 2.75) is 19.0 Å². The van der Waals surface area contributed by atoms with Gasteiger partial charge in [0.2, 0.25) is 0 Å². The molecule has 4 heteroatoms. The van der Waals surface area contributed by atoms with Crippen LogP contribution in [-0.4, -0.2) is 29.5 Å². The van der Waals surface area contributed by atoms with Crippen molar-refractivity contribution in [3.63, 3.8) is 0 Å². The summed E-state index contributed by atoms with van der Waals surface area (Å²) in [4.78, 5) is 2.25. The van der Waals surface area contributed by atoms with Crippen LogP contribution in [-0.2, 0) is 6.54 Å². The quantitative estimate of drug-likeness (QED) is 0.825. The summed E-state index contributed by atoms with van der Waals surface area (Å²) in [6, 6.07) is 7.12. The summed E-state index contributed by atoms with van der Waals surface area (Å²) in [6.07, 6.45) is 1.20. The number of halogens is 1. The first-order valence-corrected chi connectivity index (χ1v) is 6.82. The summed E-state index contributed by atoms with van der Waals surface area (Å²) in [7, 11) is 2.06. The van der Waals surface area contributed by atoms with Gasteiger partial charge in [-0.25, -0.2) is 4.39 Å². The molecule has 1 atom stereocenters. The molecule has 0 N–H and O–H groups in total. The van der Waals surface area contributed by atoms with Gasteiger partial charge >= 0.3 is 0 Å². The first kappa shape index (κ1) is 12.4. The highest BCUT2D eigenvalue weighted by Gasteiger charge is 2.20. The van der Waals surface area contributed by atoms with Crippen LogP contribution >= 0.6 is 11.8 Å². The maximum Gasteiger partial charge on any atom is 0.124 e. The Morgan fingerprint density at radius 2 is 2.35 bits per heavy atom. The van der Waals surface area contributed by atoms with Crippen molar-refractivity contribution in [1.29, 1.82) is 5.26 Å². The molecule has 1 heterocycles. The van der Waals surface area contributed by atoms with Crippen molar-refractivity contribution < 1.29 is 4.39 Å². The molecule has 1 aliphatic heterocycles. The lowest BCUT2D eigenvalue weighted by Gasteiger charge is -2.23. The predicted molar refractivity (Wildman–Crippen MR) is 68.3 cm³/mol. The fourth-order valence-electron chi connectivity index (χ4n) is 2.09. The van der Waals surface area contributed by atoms with Crippen molar-refractivity contribution in [1.82, 2.24) is 4.90 Å². The van der Waals surface area contributed by atoms with Crippen LogP contribution in [0.1, 0.15) is 17.5 Å². The molecule has 0 aromatic heterocycles. The van der Waals surface area contributed by atoms with E-state index in [1.807, 2.05) is 17.8 Å². The van der Waals surface area contributed by atoms with Crippen molar-refractivity contribution in [3.05, 3.63) is 35.1 Å². The molecule has 1 unspecified atom stereocenters. The lowest BCUT2D eigenvalue weighted by molar-refractivity contribution is 0.254. The topological polar surface area (TPSA) is 27.0 Å². The van der Waals surface area contributed by atoms with E-state index in [1.165, 1.54) is 24.3 Å². The Kier molecular flexibility index (Phi) is 4.03. The summed E-state index contributed by atoms with van der Waals surface area (Å²) >= 11 is 1.96. The van der Waals surface area contributed by atoms with Crippen LogP contribution in [0.2, 0.25) is 0 Å². The fraction of sp³-hybridized carbons (Fsp3) is 0.462. The zero-order valence-corrected chi connectivity index (χ0v) is 10.6. The van der Waals surface area contributed by atoms with Gasteiger partial charge in [0, 0.05) is 18.3 Å². The van der Waals surface area contributed by atoms with Gasteiger partial charge in [0.15, 0.2) is 0 Å². The van der Waals surface area contributed by atoms with Gasteiger partial charge in [-0.15, -0.1) is 0 Å². The monoisotopic (exact) mass is 250 g/mol. The Bertz CT molecular complexity index is 436. The summed E-state index contributed by atoms with van der Waals surface area (Å²) in [5.41, 5.74) is 1.27. The summed E-state index contributed by atoms with van der Waals surface area (Å²) < 4.78 is 13.3. The number of thioether (sulfide) groups is 1. The van der Waals surface area contributed by atoms with Crippen LogP contribution in [0.15, 0.2) is 18.2 Å². The van der Waals surface area contributed by atoms with Crippen molar-refractivity contribution in [3.8, 4) is 6.07 Å². The maximum atomic E-state index is 13.3. The first-order chi connectivity index (χ1) is 8.19. The third-order valence-corrected chi connectivity index (χ3v) is 4.19. The Morgan fingerprint density at radius 1 is 1.53 bits per heavy atom. The Balaban J connectivity index is 2.07. The number of nitriles is 1. The fourth-order valence-corrected chi connectivity index (χ4v) is 3.39. The lowest BCUT2D eigenvalue weighted by atomic mass is 10.1. The van der Waals surface area contributed by atoms with Gasteiger partial charge in [0.05, 0.1) is 11.6 Å². The van der Waals surface area contributed by atoms with Crippen LogP contribution in [0.25, 0.3) is 0 Å². The second-order valence-corrected chi connectivity index (χ2v) is 5.54. The van der Waals surface area contributed by atoms with E-state index in [4.69, 9.17) is 5.26 Å². The van der Waals surface area contributed by atoms with Crippen molar-refractivity contribution in [2.24, 2.45) is 0 Å². The molecule has 1 aliphatic rings. The van der Waals surface area contributed by atoms with Gasteiger partial charge in [-0.3, -0.25) is 4.90 Å². The molecular weight excluding hydrogens is 235 g/mol. The molecule has 2 nitrogen and oxygen atoms in total.